The van der Waals surface area contributed by atoms with Gasteiger partial charge in [-0.05, 0) is 38.0 Å². The Balaban J connectivity index is 0.00000261. The normalized spacial score (nSPS) is 30.6. The molecule has 4 atom stereocenters. The molecule has 1 N–H and O–H groups in total. The molecule has 0 aromatic rings. The first-order valence-electron chi connectivity index (χ1n) is 10.5. The van der Waals surface area contributed by atoms with Gasteiger partial charge in [-0.2, -0.15) is 0 Å². The van der Waals surface area contributed by atoms with Gasteiger partial charge in [-0.25, -0.2) is 0 Å². The third-order valence-corrected chi connectivity index (χ3v) is 6.17. The number of ether oxygens (including phenoxy) is 1. The second-order valence-corrected chi connectivity index (χ2v) is 8.27. The van der Waals surface area contributed by atoms with Gasteiger partial charge in [-0.3, -0.25) is 9.59 Å². The van der Waals surface area contributed by atoms with Crippen LogP contribution in [-0.4, -0.2) is 72.6 Å². The van der Waals surface area contributed by atoms with Crippen LogP contribution in [0.3, 0.4) is 0 Å². The van der Waals surface area contributed by atoms with Crippen molar-refractivity contribution in [3.8, 4) is 0 Å². The molecular weight excluding hydrogens is 366 g/mol. The Hall–Kier alpha value is -0.850. The SMILES string of the molecule is CCC(OC1CCCC(C)C1)C(=O)N1CCCC(N2CCNCC2=O)C1.Cl. The number of halogens is 1. The lowest BCUT2D eigenvalue weighted by Crippen LogP contribution is -2.58. The predicted octanol–water partition coefficient (Wildman–Crippen LogP) is 2.20. The average Bonchev–Trinajstić information content (AvgIpc) is 2.66. The van der Waals surface area contributed by atoms with Gasteiger partial charge in [0.05, 0.1) is 12.6 Å². The predicted molar refractivity (Wildman–Crippen MR) is 108 cm³/mol. The van der Waals surface area contributed by atoms with E-state index in [2.05, 4.69) is 12.2 Å². The molecule has 156 valence electrons. The first-order chi connectivity index (χ1) is 12.6. The smallest absolute Gasteiger partial charge is 0.251 e. The van der Waals surface area contributed by atoms with Crippen LogP contribution in [-0.2, 0) is 14.3 Å². The van der Waals surface area contributed by atoms with Crippen molar-refractivity contribution in [3.63, 3.8) is 0 Å². The second kappa shape index (κ2) is 10.6. The van der Waals surface area contributed by atoms with E-state index in [-0.39, 0.29) is 42.5 Å². The maximum atomic E-state index is 13.1. The topological polar surface area (TPSA) is 61.9 Å². The monoisotopic (exact) mass is 401 g/mol. The molecule has 2 heterocycles. The van der Waals surface area contributed by atoms with Gasteiger partial charge in [0.15, 0.2) is 0 Å². The molecule has 0 radical (unpaired) electrons. The van der Waals surface area contributed by atoms with Gasteiger partial charge in [0.25, 0.3) is 5.91 Å². The first kappa shape index (κ1) is 22.4. The van der Waals surface area contributed by atoms with Crippen LogP contribution < -0.4 is 5.32 Å². The molecule has 0 bridgehead atoms. The van der Waals surface area contributed by atoms with Crippen molar-refractivity contribution in [2.24, 2.45) is 5.92 Å². The molecule has 3 fully saturated rings. The van der Waals surface area contributed by atoms with Crippen LogP contribution in [0.15, 0.2) is 0 Å². The fraction of sp³-hybridized carbons (Fsp3) is 0.900. The summed E-state index contributed by atoms with van der Waals surface area (Å²) in [4.78, 5) is 29.2. The molecule has 1 aliphatic carbocycles. The van der Waals surface area contributed by atoms with E-state index in [9.17, 15) is 9.59 Å². The minimum atomic E-state index is -0.331. The Bertz CT molecular complexity index is 505. The number of nitrogens with zero attached hydrogens (tertiary/aromatic N) is 2. The summed E-state index contributed by atoms with van der Waals surface area (Å²) >= 11 is 0. The molecule has 0 aromatic heterocycles. The molecule has 3 aliphatic rings. The minimum Gasteiger partial charge on any atom is -0.365 e. The molecular formula is C20H36ClN3O3. The third kappa shape index (κ3) is 5.81. The summed E-state index contributed by atoms with van der Waals surface area (Å²) in [7, 11) is 0. The summed E-state index contributed by atoms with van der Waals surface area (Å²) in [5.74, 6) is 0.979. The Morgan fingerprint density at radius 3 is 2.78 bits per heavy atom. The van der Waals surface area contributed by atoms with Crippen LogP contribution in [0.5, 0.6) is 0 Å². The fourth-order valence-electron chi connectivity index (χ4n) is 4.68. The van der Waals surface area contributed by atoms with Crippen LogP contribution >= 0.6 is 12.4 Å². The first-order valence-corrected chi connectivity index (χ1v) is 10.5. The van der Waals surface area contributed by atoms with E-state index in [4.69, 9.17) is 4.74 Å². The lowest BCUT2D eigenvalue weighted by atomic mass is 9.88. The summed E-state index contributed by atoms with van der Waals surface area (Å²) in [6, 6.07) is 0.162. The van der Waals surface area contributed by atoms with Gasteiger partial charge >= 0.3 is 0 Å². The van der Waals surface area contributed by atoms with Crippen molar-refractivity contribution in [3.05, 3.63) is 0 Å². The zero-order chi connectivity index (χ0) is 18.5. The summed E-state index contributed by atoms with van der Waals surface area (Å²) < 4.78 is 6.25. The van der Waals surface area contributed by atoms with Crippen LogP contribution in [0.4, 0.5) is 0 Å². The summed E-state index contributed by atoms with van der Waals surface area (Å²) in [5, 5.41) is 3.12. The van der Waals surface area contributed by atoms with Crippen molar-refractivity contribution < 1.29 is 14.3 Å². The van der Waals surface area contributed by atoms with E-state index in [1.165, 1.54) is 12.8 Å². The minimum absolute atomic E-state index is 0. The summed E-state index contributed by atoms with van der Waals surface area (Å²) in [6.07, 6.45) is 7.19. The molecule has 6 nitrogen and oxygen atoms in total. The van der Waals surface area contributed by atoms with Crippen LogP contribution in [0.25, 0.3) is 0 Å². The van der Waals surface area contributed by atoms with E-state index < -0.39 is 0 Å². The molecule has 2 saturated heterocycles. The van der Waals surface area contributed by atoms with Gasteiger partial charge in [0.2, 0.25) is 5.91 Å². The highest BCUT2D eigenvalue weighted by molar-refractivity contribution is 5.85. The lowest BCUT2D eigenvalue weighted by Gasteiger charge is -2.42. The molecule has 2 amide bonds. The zero-order valence-electron chi connectivity index (χ0n) is 16.8. The summed E-state index contributed by atoms with van der Waals surface area (Å²) in [6.45, 7) is 7.77. The van der Waals surface area contributed by atoms with E-state index in [1.807, 2.05) is 16.7 Å². The third-order valence-electron chi connectivity index (χ3n) is 6.17. The number of carbonyl (C=O) groups excluding carboxylic acids is 2. The maximum absolute atomic E-state index is 13.1. The van der Waals surface area contributed by atoms with E-state index in [1.54, 1.807) is 0 Å². The van der Waals surface area contributed by atoms with Gasteiger partial charge in [-0.1, -0.05) is 26.7 Å². The molecule has 7 heteroatoms. The highest BCUT2D eigenvalue weighted by Crippen LogP contribution is 2.28. The Kier molecular flexibility index (Phi) is 8.83. The number of rotatable bonds is 5. The fourth-order valence-corrected chi connectivity index (χ4v) is 4.68. The van der Waals surface area contributed by atoms with Crippen LogP contribution in [0.2, 0.25) is 0 Å². The maximum Gasteiger partial charge on any atom is 0.251 e. The number of nitrogens with one attached hydrogen (secondary N) is 1. The molecule has 27 heavy (non-hydrogen) atoms. The van der Waals surface area contributed by atoms with Crippen LogP contribution in [0.1, 0.15) is 58.8 Å². The quantitative estimate of drug-likeness (QED) is 0.767. The number of likely N-dealkylation sites (tertiary alicyclic amines) is 1. The number of carbonyl (C=O) groups is 2. The second-order valence-electron chi connectivity index (χ2n) is 8.27. The highest BCUT2D eigenvalue weighted by Gasteiger charge is 2.34. The molecule has 3 rings (SSSR count). The number of hydrogen-bond donors (Lipinski definition) is 1. The van der Waals surface area contributed by atoms with Crippen molar-refractivity contribution in [1.82, 2.24) is 15.1 Å². The van der Waals surface area contributed by atoms with E-state index in [0.29, 0.717) is 19.0 Å². The molecule has 0 spiro atoms. The number of piperidine rings is 1. The Morgan fingerprint density at radius 1 is 1.26 bits per heavy atom. The molecule has 0 aromatic carbocycles. The van der Waals surface area contributed by atoms with Crippen molar-refractivity contribution in [1.29, 1.82) is 0 Å². The lowest BCUT2D eigenvalue weighted by molar-refractivity contribution is -0.153. The van der Waals surface area contributed by atoms with E-state index >= 15 is 0 Å². The van der Waals surface area contributed by atoms with Gasteiger partial charge in [-0.15, -0.1) is 12.4 Å². The van der Waals surface area contributed by atoms with Gasteiger partial charge in [0.1, 0.15) is 6.10 Å². The standard InChI is InChI=1S/C20H35N3O3.ClH/c1-3-18(26-17-8-4-6-15(2)12-17)20(25)22-10-5-7-16(14-22)23-11-9-21-13-19(23)24;/h15-18,21H,3-14H2,1-2H3;1H. The van der Waals surface area contributed by atoms with Gasteiger partial charge in [0, 0.05) is 32.2 Å². The Morgan fingerprint density at radius 2 is 2.07 bits per heavy atom. The largest absolute Gasteiger partial charge is 0.365 e. The average molecular weight is 402 g/mol. The molecule has 2 aliphatic heterocycles. The van der Waals surface area contributed by atoms with Crippen molar-refractivity contribution in [2.75, 3.05) is 32.7 Å². The Labute approximate surface area is 169 Å². The number of hydrogen-bond acceptors (Lipinski definition) is 4. The van der Waals surface area contributed by atoms with Gasteiger partial charge < -0.3 is 19.9 Å². The highest BCUT2D eigenvalue weighted by atomic mass is 35.5. The molecule has 4 unspecified atom stereocenters. The van der Waals surface area contributed by atoms with Crippen LogP contribution in [0, 0.1) is 5.92 Å². The zero-order valence-corrected chi connectivity index (χ0v) is 17.6. The van der Waals surface area contributed by atoms with E-state index in [0.717, 1.165) is 51.7 Å². The number of piperazine rings is 1. The summed E-state index contributed by atoms with van der Waals surface area (Å²) in [5.41, 5.74) is 0. The van der Waals surface area contributed by atoms with Crippen molar-refractivity contribution >= 4 is 24.2 Å². The van der Waals surface area contributed by atoms with Crippen molar-refractivity contribution in [2.45, 2.75) is 77.0 Å². The molecule has 1 saturated carbocycles. The number of amides is 2.